The average molecular weight is 517 g/mol. The zero-order chi connectivity index (χ0) is 20.9. The third kappa shape index (κ3) is 5.02. The van der Waals surface area contributed by atoms with Crippen LogP contribution in [-0.2, 0) is 11.3 Å². The van der Waals surface area contributed by atoms with Crippen molar-refractivity contribution in [3.05, 3.63) is 69.8 Å². The van der Waals surface area contributed by atoms with Crippen molar-refractivity contribution >= 4 is 37.1 Å². The highest BCUT2D eigenvalue weighted by molar-refractivity contribution is 14.2. The number of nitrogens with one attached hydrogen (secondary N) is 1. The predicted octanol–water partition coefficient (Wildman–Crippen LogP) is 3.64. The van der Waals surface area contributed by atoms with Gasteiger partial charge in [0.15, 0.2) is 0 Å². The second-order valence-electron chi connectivity index (χ2n) is 7.56. The van der Waals surface area contributed by atoms with Gasteiger partial charge in [0, 0.05) is 58.7 Å². The summed E-state index contributed by atoms with van der Waals surface area (Å²) in [6.07, 6.45) is 9.03. The van der Waals surface area contributed by atoms with Crippen LogP contribution in [-0.4, -0.2) is 33.9 Å². The number of carbonyl (C=O) groups is 1. The van der Waals surface area contributed by atoms with Gasteiger partial charge in [-0.3, -0.25) is 9.59 Å². The van der Waals surface area contributed by atoms with Gasteiger partial charge in [-0.05, 0) is 41.3 Å². The Morgan fingerprint density at radius 2 is 2.00 bits per heavy atom. The van der Waals surface area contributed by atoms with Crippen molar-refractivity contribution < 1.29 is 9.53 Å². The van der Waals surface area contributed by atoms with E-state index >= 15 is 0 Å². The summed E-state index contributed by atoms with van der Waals surface area (Å²) in [5.41, 5.74) is 2.98. The van der Waals surface area contributed by atoms with Crippen LogP contribution in [0.1, 0.15) is 28.8 Å². The number of aromatic nitrogens is 1. The summed E-state index contributed by atoms with van der Waals surface area (Å²) < 4.78 is 13.7. The molecule has 1 aromatic heterocycles. The van der Waals surface area contributed by atoms with Crippen LogP contribution >= 0.6 is 21.0 Å². The summed E-state index contributed by atoms with van der Waals surface area (Å²) in [6, 6.07) is 7.82. The van der Waals surface area contributed by atoms with Gasteiger partial charge in [0.2, 0.25) is 5.43 Å². The van der Waals surface area contributed by atoms with Gasteiger partial charge in [0.25, 0.3) is 5.91 Å². The van der Waals surface area contributed by atoms with Crippen LogP contribution in [0.25, 0.3) is 11.1 Å². The number of rotatable bonds is 5. The van der Waals surface area contributed by atoms with E-state index in [1.54, 1.807) is 12.4 Å². The van der Waals surface area contributed by atoms with E-state index in [1.165, 1.54) is 0 Å². The summed E-state index contributed by atoms with van der Waals surface area (Å²) in [4.78, 5) is 26.2. The standard InChI is InChI=1S/C23H24IN3O3/c1-16-2-4-18(5-3-16)20-14-27(13-17-7-10-30-11-8-17)15-21(22(20)28)23(29)26-19-6-9-24-25-12-19/h2-6,9,12,14-15,17H,7-8,10-11,13H2,1H3,(H,26,29). The van der Waals surface area contributed by atoms with Crippen LogP contribution in [0, 0.1) is 12.8 Å². The maximum Gasteiger partial charge on any atom is 0.261 e. The Labute approximate surface area is 185 Å². The van der Waals surface area contributed by atoms with E-state index in [2.05, 4.69) is 8.52 Å². The molecule has 1 saturated heterocycles. The second kappa shape index (κ2) is 9.61. The first kappa shape index (κ1) is 20.9. The van der Waals surface area contributed by atoms with Crippen LogP contribution in [0.4, 0.5) is 0 Å². The summed E-state index contributed by atoms with van der Waals surface area (Å²) in [5, 5.41) is 2.82. The number of nitrogens with zero attached hydrogens (tertiary/aromatic N) is 2. The molecule has 3 heterocycles. The Kier molecular flexibility index (Phi) is 6.69. The highest BCUT2D eigenvalue weighted by atomic mass is 127. The van der Waals surface area contributed by atoms with E-state index in [0.29, 0.717) is 17.2 Å². The number of pyridine rings is 1. The Hall–Kier alpha value is -2.39. The molecule has 0 spiro atoms. The Balaban J connectivity index is 1.71. The molecular formula is C23H24IN3O3. The number of allylic oxidation sites excluding steroid dienone is 2. The lowest BCUT2D eigenvalue weighted by atomic mass is 9.99. The number of amides is 1. The van der Waals surface area contributed by atoms with Crippen molar-refractivity contribution in [3.8, 4) is 11.1 Å². The molecule has 7 heteroatoms. The summed E-state index contributed by atoms with van der Waals surface area (Å²) in [5.74, 6) is 0.0654. The molecular weight excluding hydrogens is 493 g/mol. The van der Waals surface area contributed by atoms with Gasteiger partial charge in [0.05, 0.1) is 11.9 Å². The Bertz CT molecular complexity index is 1080. The van der Waals surface area contributed by atoms with Gasteiger partial charge in [-0.25, -0.2) is 3.21 Å². The Morgan fingerprint density at radius 1 is 1.23 bits per heavy atom. The minimum Gasteiger partial charge on any atom is -0.381 e. The zero-order valence-electron chi connectivity index (χ0n) is 16.8. The molecule has 156 valence electrons. The molecule has 0 unspecified atom stereocenters. The van der Waals surface area contributed by atoms with E-state index in [4.69, 9.17) is 4.74 Å². The number of hydrogen-bond acceptors (Lipinski definition) is 4. The molecule has 30 heavy (non-hydrogen) atoms. The SMILES string of the molecule is Cc1ccc(-c2cn(CC3CCOCC3)cc(C(=O)NC3=CC=IN=C3)c2=O)cc1. The molecule has 2 aliphatic rings. The maximum absolute atomic E-state index is 13.2. The van der Waals surface area contributed by atoms with Crippen LogP contribution in [0.15, 0.2) is 56.4 Å². The highest BCUT2D eigenvalue weighted by Gasteiger charge is 2.19. The molecule has 4 rings (SSSR count). The molecule has 2 aliphatic heterocycles. The molecule has 1 fully saturated rings. The number of halogens is 1. The topological polar surface area (TPSA) is 72.7 Å². The maximum atomic E-state index is 13.2. The quantitative estimate of drug-likeness (QED) is 0.616. The predicted molar refractivity (Wildman–Crippen MR) is 129 cm³/mol. The summed E-state index contributed by atoms with van der Waals surface area (Å²) in [7, 11) is 0. The van der Waals surface area contributed by atoms with Gasteiger partial charge in [-0.1, -0.05) is 29.8 Å². The lowest BCUT2D eigenvalue weighted by Crippen LogP contribution is -2.31. The molecule has 6 nitrogen and oxygen atoms in total. The summed E-state index contributed by atoms with van der Waals surface area (Å²) in [6.45, 7) is 4.28. The molecule has 0 aliphatic carbocycles. The fourth-order valence-corrected chi connectivity index (χ4v) is 4.78. The summed E-state index contributed by atoms with van der Waals surface area (Å²) >= 11 is -0.314. The minimum atomic E-state index is -0.402. The van der Waals surface area contributed by atoms with Crippen molar-refractivity contribution in [2.75, 3.05) is 13.2 Å². The van der Waals surface area contributed by atoms with E-state index in [1.807, 2.05) is 52.0 Å². The first-order chi connectivity index (χ1) is 14.6. The number of benzene rings is 1. The molecule has 1 amide bonds. The van der Waals surface area contributed by atoms with Crippen LogP contribution in [0.5, 0.6) is 0 Å². The smallest absolute Gasteiger partial charge is 0.261 e. The Morgan fingerprint density at radius 3 is 2.70 bits per heavy atom. The van der Waals surface area contributed by atoms with Gasteiger partial charge in [0.1, 0.15) is 5.56 Å². The normalized spacial score (nSPS) is 16.6. The zero-order valence-corrected chi connectivity index (χ0v) is 19.0. The van der Waals surface area contributed by atoms with Crippen LogP contribution in [0.3, 0.4) is 0 Å². The van der Waals surface area contributed by atoms with Crippen molar-refractivity contribution in [2.24, 2.45) is 9.12 Å². The van der Waals surface area contributed by atoms with Crippen molar-refractivity contribution in [1.29, 1.82) is 0 Å². The molecule has 0 atom stereocenters. The van der Waals surface area contributed by atoms with E-state index < -0.39 is 5.91 Å². The third-order valence-corrected chi connectivity index (χ3v) is 6.58. The van der Waals surface area contributed by atoms with E-state index in [9.17, 15) is 9.59 Å². The highest BCUT2D eigenvalue weighted by Crippen LogP contribution is 2.21. The molecule has 2 aromatic rings. The first-order valence-electron chi connectivity index (χ1n) is 10.00. The van der Waals surface area contributed by atoms with E-state index in [-0.39, 0.29) is 32.0 Å². The largest absolute Gasteiger partial charge is 0.381 e. The molecule has 1 aromatic carbocycles. The average Bonchev–Trinajstić information content (AvgIpc) is 2.77. The van der Waals surface area contributed by atoms with Gasteiger partial charge in [-0.15, -0.1) is 0 Å². The number of ether oxygens (including phenoxy) is 1. The van der Waals surface area contributed by atoms with E-state index in [0.717, 1.165) is 43.7 Å². The van der Waals surface area contributed by atoms with Crippen molar-refractivity contribution in [2.45, 2.75) is 26.3 Å². The van der Waals surface area contributed by atoms with Crippen molar-refractivity contribution in [3.63, 3.8) is 0 Å². The molecule has 0 saturated carbocycles. The second-order valence-corrected chi connectivity index (χ2v) is 9.39. The monoisotopic (exact) mass is 517 g/mol. The minimum absolute atomic E-state index is 0.148. The van der Waals surface area contributed by atoms with Crippen LogP contribution < -0.4 is 10.7 Å². The lowest BCUT2D eigenvalue weighted by Gasteiger charge is -2.23. The molecule has 0 radical (unpaired) electrons. The number of aryl methyl sites for hydroxylation is 1. The van der Waals surface area contributed by atoms with Gasteiger partial charge < -0.3 is 14.6 Å². The first-order valence-corrected chi connectivity index (χ1v) is 12.2. The molecule has 0 bridgehead atoms. The third-order valence-electron chi connectivity index (χ3n) is 5.30. The van der Waals surface area contributed by atoms with Crippen LogP contribution in [0.2, 0.25) is 0 Å². The number of hydrogen-bond donors (Lipinski definition) is 1. The van der Waals surface area contributed by atoms with Crippen molar-refractivity contribution in [1.82, 2.24) is 9.88 Å². The fraction of sp³-hybridized carbons (Fsp3) is 0.304. The van der Waals surface area contributed by atoms with Gasteiger partial charge >= 0.3 is 0 Å². The lowest BCUT2D eigenvalue weighted by molar-refractivity contribution is 0.0611. The number of carbonyl (C=O) groups excluding carboxylic acids is 1. The fourth-order valence-electron chi connectivity index (χ4n) is 3.59. The molecule has 1 N–H and O–H groups in total. The van der Waals surface area contributed by atoms with Gasteiger partial charge in [-0.2, -0.15) is 0 Å².